The number of nitrogens with zero attached hydrogens (tertiary/aromatic N) is 1. The van der Waals surface area contributed by atoms with E-state index in [9.17, 15) is 19.2 Å². The van der Waals surface area contributed by atoms with Crippen LogP contribution in [0.3, 0.4) is 0 Å². The third kappa shape index (κ3) is 4.16. The molecule has 2 aliphatic rings. The van der Waals surface area contributed by atoms with Crippen molar-refractivity contribution >= 4 is 40.0 Å². The van der Waals surface area contributed by atoms with Gasteiger partial charge in [-0.25, -0.2) is 9.69 Å². The Morgan fingerprint density at radius 2 is 1.50 bits per heavy atom. The first-order chi connectivity index (χ1) is 20.0. The summed E-state index contributed by atoms with van der Waals surface area (Å²) in [5, 5.41) is 2.11. The third-order valence-electron chi connectivity index (χ3n) is 8.67. The van der Waals surface area contributed by atoms with E-state index in [0.717, 1.165) is 21.2 Å². The number of Topliss-reactive ketones (excluding diaryl/α,β-unsaturated/α-hetero) is 2. The van der Waals surface area contributed by atoms with Crippen LogP contribution in [0.1, 0.15) is 50.8 Å². The molecule has 1 fully saturated rings. The summed E-state index contributed by atoms with van der Waals surface area (Å²) in [5.41, 5.74) is -1.42. The van der Waals surface area contributed by atoms with Gasteiger partial charge in [0.25, 0.3) is 5.91 Å². The lowest BCUT2D eigenvalue weighted by Crippen LogP contribution is -2.51. The predicted octanol–water partition coefficient (Wildman–Crippen LogP) is 6.81. The molecule has 0 spiro atoms. The molecule has 6 nitrogen and oxygen atoms in total. The molecule has 6 rings (SSSR count). The van der Waals surface area contributed by atoms with E-state index in [-0.39, 0.29) is 24.4 Å². The Morgan fingerprint density at radius 3 is 2.21 bits per heavy atom. The van der Waals surface area contributed by atoms with Crippen molar-refractivity contribution in [2.24, 2.45) is 11.3 Å². The van der Waals surface area contributed by atoms with Crippen LogP contribution in [0.5, 0.6) is 0 Å². The minimum atomic E-state index is -1.57. The Balaban J connectivity index is 1.48. The summed E-state index contributed by atoms with van der Waals surface area (Å²) < 4.78 is 5.66. The van der Waals surface area contributed by atoms with Gasteiger partial charge in [-0.05, 0) is 67.6 Å². The van der Waals surface area contributed by atoms with E-state index in [1.807, 2.05) is 48.5 Å². The number of carbonyl (C=O) groups excluding carboxylic acids is 4. The summed E-state index contributed by atoms with van der Waals surface area (Å²) in [6, 6.07) is 30.0. The normalized spacial score (nSPS) is 23.9. The zero-order chi connectivity index (χ0) is 29.9. The topological polar surface area (TPSA) is 80.8 Å². The molecular weight excluding hydrogens is 526 g/mol. The molecule has 0 aromatic heterocycles. The Kier molecular flexibility index (Phi) is 6.41. The van der Waals surface area contributed by atoms with Crippen LogP contribution in [0.25, 0.3) is 10.8 Å². The van der Waals surface area contributed by atoms with Crippen molar-refractivity contribution < 1.29 is 23.9 Å². The van der Waals surface area contributed by atoms with Crippen LogP contribution in [0.15, 0.2) is 97.1 Å². The van der Waals surface area contributed by atoms with E-state index in [1.54, 1.807) is 76.2 Å². The van der Waals surface area contributed by atoms with E-state index in [2.05, 4.69) is 0 Å². The largest absolute Gasteiger partial charge is 0.443 e. The second kappa shape index (κ2) is 9.76. The summed E-state index contributed by atoms with van der Waals surface area (Å²) in [7, 11) is 0. The number of ether oxygens (including phenoxy) is 1. The number of fused-ring (bicyclic) bond motifs is 2. The van der Waals surface area contributed by atoms with E-state index in [1.165, 1.54) is 0 Å². The highest BCUT2D eigenvalue weighted by Gasteiger charge is 2.66. The standard InChI is InChI=1S/C36H33NO5/c1-34(2,3)42-33(41)37-29-17-11-10-16-27(29)36(32(37)40,26-14-6-5-7-15-26)28-21-30(38)35(4,31(28)39)22-23-18-19-24-12-8-9-13-25(24)20-23/h5-20,28H,21-22H2,1-4H3/t28-,35-,36-/m1/s1. The van der Waals surface area contributed by atoms with Crippen LogP contribution in [-0.2, 0) is 31.0 Å². The SMILES string of the molecule is CC(C)(C)OC(=O)N1C(=O)[C@@](c2ccccc2)([C@@H]2CC(=O)[C@@](C)(Cc3ccc4ccccc4c3)C2=O)c2ccccc21. The molecule has 4 aromatic carbocycles. The number of rotatable bonds is 4. The molecule has 0 bridgehead atoms. The second-order valence-electron chi connectivity index (χ2n) is 12.5. The third-order valence-corrected chi connectivity index (χ3v) is 8.67. The van der Waals surface area contributed by atoms with Gasteiger partial charge in [0, 0.05) is 12.3 Å². The summed E-state index contributed by atoms with van der Waals surface area (Å²) in [6.07, 6.45) is -0.698. The predicted molar refractivity (Wildman–Crippen MR) is 161 cm³/mol. The molecule has 1 saturated carbocycles. The number of anilines is 1. The summed E-state index contributed by atoms with van der Waals surface area (Å²) in [5.74, 6) is -2.08. The average molecular weight is 560 g/mol. The average Bonchev–Trinajstić information content (AvgIpc) is 3.35. The maximum Gasteiger partial charge on any atom is 0.421 e. The number of hydrogen-bond acceptors (Lipinski definition) is 5. The molecule has 212 valence electrons. The fourth-order valence-electron chi connectivity index (χ4n) is 6.73. The first-order valence-electron chi connectivity index (χ1n) is 14.2. The Morgan fingerprint density at radius 1 is 0.857 bits per heavy atom. The number of para-hydroxylation sites is 1. The van der Waals surface area contributed by atoms with Gasteiger partial charge in [0.2, 0.25) is 0 Å². The Labute approximate surface area is 245 Å². The fourth-order valence-corrected chi connectivity index (χ4v) is 6.73. The molecule has 3 atom stereocenters. The zero-order valence-electron chi connectivity index (χ0n) is 24.2. The van der Waals surface area contributed by atoms with Crippen LogP contribution < -0.4 is 4.90 Å². The maximum absolute atomic E-state index is 14.7. The van der Waals surface area contributed by atoms with E-state index in [0.29, 0.717) is 16.8 Å². The van der Waals surface area contributed by atoms with Crippen molar-refractivity contribution in [1.29, 1.82) is 0 Å². The van der Waals surface area contributed by atoms with Gasteiger partial charge in [0.05, 0.1) is 11.1 Å². The minimum Gasteiger partial charge on any atom is -0.443 e. The zero-order valence-corrected chi connectivity index (χ0v) is 24.2. The number of benzene rings is 4. The molecule has 1 heterocycles. The molecule has 4 aromatic rings. The lowest BCUT2D eigenvalue weighted by molar-refractivity contribution is -0.137. The van der Waals surface area contributed by atoms with Crippen LogP contribution in [-0.4, -0.2) is 29.2 Å². The first-order valence-corrected chi connectivity index (χ1v) is 14.2. The maximum atomic E-state index is 14.7. The van der Waals surface area contributed by atoms with Crippen LogP contribution >= 0.6 is 0 Å². The molecule has 42 heavy (non-hydrogen) atoms. The van der Waals surface area contributed by atoms with Gasteiger partial charge in [-0.2, -0.15) is 0 Å². The number of carbonyl (C=O) groups is 4. The lowest BCUT2D eigenvalue weighted by Gasteiger charge is -2.35. The van der Waals surface area contributed by atoms with Gasteiger partial charge < -0.3 is 4.74 Å². The second-order valence-corrected chi connectivity index (χ2v) is 12.5. The van der Waals surface area contributed by atoms with Gasteiger partial charge in [-0.3, -0.25) is 14.4 Å². The van der Waals surface area contributed by atoms with Crippen LogP contribution in [0.4, 0.5) is 10.5 Å². The van der Waals surface area contributed by atoms with Gasteiger partial charge in [-0.1, -0.05) is 91.0 Å². The van der Waals surface area contributed by atoms with Crippen molar-refractivity contribution in [2.45, 2.75) is 51.6 Å². The van der Waals surface area contributed by atoms with Crippen LogP contribution in [0, 0.1) is 11.3 Å². The first kappa shape index (κ1) is 27.6. The van der Waals surface area contributed by atoms with Crippen molar-refractivity contribution in [2.75, 3.05) is 4.90 Å². The van der Waals surface area contributed by atoms with Crippen molar-refractivity contribution in [3.8, 4) is 0 Å². The van der Waals surface area contributed by atoms with E-state index in [4.69, 9.17) is 4.74 Å². The molecule has 2 amide bonds. The summed E-state index contributed by atoms with van der Waals surface area (Å²) in [6.45, 7) is 6.90. The van der Waals surface area contributed by atoms with Crippen molar-refractivity contribution in [3.63, 3.8) is 0 Å². The van der Waals surface area contributed by atoms with Crippen molar-refractivity contribution in [3.05, 3.63) is 114 Å². The smallest absolute Gasteiger partial charge is 0.421 e. The number of ketones is 2. The Bertz CT molecular complexity index is 1750. The number of amides is 2. The van der Waals surface area contributed by atoms with Crippen molar-refractivity contribution in [1.82, 2.24) is 0 Å². The highest BCUT2D eigenvalue weighted by Crippen LogP contribution is 2.56. The van der Waals surface area contributed by atoms with E-state index < -0.39 is 34.3 Å². The van der Waals surface area contributed by atoms with Gasteiger partial charge >= 0.3 is 6.09 Å². The monoisotopic (exact) mass is 559 g/mol. The molecule has 0 radical (unpaired) electrons. The van der Waals surface area contributed by atoms with Gasteiger partial charge in [-0.15, -0.1) is 0 Å². The molecule has 1 aliphatic heterocycles. The van der Waals surface area contributed by atoms with E-state index >= 15 is 0 Å². The highest BCUT2D eigenvalue weighted by molar-refractivity contribution is 6.26. The number of hydrogen-bond donors (Lipinski definition) is 0. The molecule has 6 heteroatoms. The molecule has 0 N–H and O–H groups in total. The molecular formula is C36H33NO5. The van der Waals surface area contributed by atoms with Gasteiger partial charge in [0.15, 0.2) is 5.78 Å². The van der Waals surface area contributed by atoms with Crippen LogP contribution in [0.2, 0.25) is 0 Å². The highest BCUT2D eigenvalue weighted by atomic mass is 16.6. The molecule has 0 saturated heterocycles. The number of imide groups is 1. The lowest BCUT2D eigenvalue weighted by atomic mass is 9.64. The fraction of sp³-hybridized carbons (Fsp3) is 0.278. The molecule has 0 unspecified atom stereocenters. The molecule has 1 aliphatic carbocycles. The summed E-state index contributed by atoms with van der Waals surface area (Å²) >= 11 is 0. The van der Waals surface area contributed by atoms with Gasteiger partial charge in [0.1, 0.15) is 16.8 Å². The Hall–Kier alpha value is -4.58. The quantitative estimate of drug-likeness (QED) is 0.257. The summed E-state index contributed by atoms with van der Waals surface area (Å²) in [4.78, 5) is 57.8. The minimum absolute atomic E-state index is 0.111.